The summed E-state index contributed by atoms with van der Waals surface area (Å²) in [5.41, 5.74) is -0.799. The van der Waals surface area contributed by atoms with E-state index in [0.29, 0.717) is 43.1 Å². The van der Waals surface area contributed by atoms with Crippen molar-refractivity contribution in [3.63, 3.8) is 0 Å². The van der Waals surface area contributed by atoms with Gasteiger partial charge in [0.1, 0.15) is 11.0 Å². The minimum absolute atomic E-state index is 0.0608. The standard InChI is InChI=1S/C31H33F2N7O2/c1-5-15-39-29(41)24-19-34-30(37-28(24)40(39)26-8-6-7-25(36-26)31(2,3)42)35-22-12-11-21(23(18-22)27(32)33)10-9-20-13-16-38(4)17-14-20/h5-8,11-12,18-20,27,42H,1,13-17H2,2-4H3,(H,34,35,37)/i4D3. The largest absolute Gasteiger partial charge is 0.384 e. The molecule has 1 saturated heterocycles. The monoisotopic (exact) mass is 576 g/mol. The molecule has 0 spiro atoms. The molecule has 0 radical (unpaired) electrons. The summed E-state index contributed by atoms with van der Waals surface area (Å²) in [6.45, 7) is 5.68. The summed E-state index contributed by atoms with van der Waals surface area (Å²) in [5.74, 6) is 6.23. The van der Waals surface area contributed by atoms with E-state index in [-0.39, 0.29) is 46.1 Å². The van der Waals surface area contributed by atoms with Crippen LogP contribution in [-0.4, -0.2) is 54.4 Å². The number of anilines is 2. The molecular formula is C31H33F2N7O2. The Kier molecular flexibility index (Phi) is 7.14. The fraction of sp³-hybridized carbons (Fsp3) is 0.355. The number of rotatable bonds is 7. The number of aromatic nitrogens is 5. The van der Waals surface area contributed by atoms with Crippen LogP contribution in [0.25, 0.3) is 16.9 Å². The van der Waals surface area contributed by atoms with E-state index in [0.717, 1.165) is 0 Å². The molecule has 0 aliphatic carbocycles. The number of hydrogen-bond acceptors (Lipinski definition) is 7. The third-order valence-corrected chi connectivity index (χ3v) is 7.00. The van der Waals surface area contributed by atoms with Crippen molar-refractivity contribution < 1.29 is 18.0 Å². The van der Waals surface area contributed by atoms with Gasteiger partial charge in [0, 0.05) is 33.0 Å². The van der Waals surface area contributed by atoms with Gasteiger partial charge in [-0.15, -0.1) is 6.58 Å². The van der Waals surface area contributed by atoms with Gasteiger partial charge in [-0.1, -0.05) is 24.0 Å². The highest BCUT2D eigenvalue weighted by atomic mass is 19.3. The van der Waals surface area contributed by atoms with Crippen molar-refractivity contribution in [2.45, 2.75) is 45.3 Å². The third kappa shape index (κ3) is 6.10. The van der Waals surface area contributed by atoms with Crippen molar-refractivity contribution in [2.75, 3.05) is 25.4 Å². The number of nitrogens with one attached hydrogen (secondary N) is 1. The Balaban J connectivity index is 1.45. The molecule has 0 saturated carbocycles. The van der Waals surface area contributed by atoms with Crippen LogP contribution in [0.4, 0.5) is 20.4 Å². The van der Waals surface area contributed by atoms with Gasteiger partial charge in [0.25, 0.3) is 12.0 Å². The Bertz CT molecular complexity index is 1840. The summed E-state index contributed by atoms with van der Waals surface area (Å²) < 4.78 is 53.7. The lowest BCUT2D eigenvalue weighted by Crippen LogP contribution is -2.29. The highest BCUT2D eigenvalue weighted by Crippen LogP contribution is 2.28. The molecule has 9 nitrogen and oxygen atoms in total. The van der Waals surface area contributed by atoms with E-state index in [1.165, 1.54) is 32.6 Å². The Labute approximate surface area is 246 Å². The van der Waals surface area contributed by atoms with Gasteiger partial charge in [0.15, 0.2) is 11.5 Å². The topological polar surface area (TPSA) is 101 Å². The van der Waals surface area contributed by atoms with Gasteiger partial charge >= 0.3 is 0 Å². The molecule has 4 aromatic rings. The second-order valence-corrected chi connectivity index (χ2v) is 10.6. The van der Waals surface area contributed by atoms with Crippen LogP contribution >= 0.6 is 0 Å². The molecule has 0 atom stereocenters. The zero-order valence-corrected chi connectivity index (χ0v) is 23.3. The average Bonchev–Trinajstić information content (AvgIpc) is 3.26. The fourth-order valence-corrected chi connectivity index (χ4v) is 4.76. The zero-order valence-electron chi connectivity index (χ0n) is 26.3. The summed E-state index contributed by atoms with van der Waals surface area (Å²) in [4.78, 5) is 28.0. The van der Waals surface area contributed by atoms with Gasteiger partial charge in [-0.05, 0) is 77.1 Å². The Hall–Kier alpha value is -4.40. The summed E-state index contributed by atoms with van der Waals surface area (Å²) in [6, 6.07) is 9.42. The number of aliphatic hydroxyl groups is 1. The van der Waals surface area contributed by atoms with Crippen molar-refractivity contribution in [2.24, 2.45) is 5.92 Å². The zero-order chi connectivity index (χ0) is 32.5. The van der Waals surface area contributed by atoms with Gasteiger partial charge in [0.05, 0.1) is 12.2 Å². The Morgan fingerprint density at radius 3 is 2.74 bits per heavy atom. The molecular weight excluding hydrogens is 540 g/mol. The number of nitrogens with zero attached hydrogens (tertiary/aromatic N) is 6. The maximum Gasteiger partial charge on any atom is 0.278 e. The van der Waals surface area contributed by atoms with E-state index in [1.54, 1.807) is 44.2 Å². The molecule has 0 amide bonds. The highest BCUT2D eigenvalue weighted by Gasteiger charge is 2.22. The fourth-order valence-electron chi connectivity index (χ4n) is 4.76. The first-order valence-electron chi connectivity index (χ1n) is 15.0. The second-order valence-electron chi connectivity index (χ2n) is 10.6. The van der Waals surface area contributed by atoms with E-state index in [4.69, 9.17) is 4.11 Å². The number of pyridine rings is 1. The van der Waals surface area contributed by atoms with Crippen LogP contribution in [0.1, 0.15) is 54.0 Å². The first-order valence-corrected chi connectivity index (χ1v) is 13.5. The van der Waals surface area contributed by atoms with Gasteiger partial charge in [-0.25, -0.2) is 28.1 Å². The number of likely N-dealkylation sites (tertiary alicyclic amines) is 1. The van der Waals surface area contributed by atoms with Crippen LogP contribution < -0.4 is 10.9 Å². The number of hydrogen-bond donors (Lipinski definition) is 2. The first-order chi connectivity index (χ1) is 21.3. The molecule has 4 heterocycles. The Morgan fingerprint density at radius 2 is 2.05 bits per heavy atom. The first kappa shape index (κ1) is 25.3. The second kappa shape index (κ2) is 11.8. The summed E-state index contributed by atoms with van der Waals surface area (Å²) in [6.07, 6.45) is 1.20. The van der Waals surface area contributed by atoms with Crippen LogP contribution in [0.3, 0.4) is 0 Å². The SMILES string of the molecule is [2H]C([2H])([2H])N1CCC(C#Cc2ccc(Nc3ncc4c(=O)n(CC=C)n(-c5cccc(C(C)(C)O)n5)c4n3)cc2C(F)F)CC1. The normalized spacial score (nSPS) is 16.0. The molecule has 218 valence electrons. The van der Waals surface area contributed by atoms with Gasteiger partial charge in [0.2, 0.25) is 5.95 Å². The molecule has 2 N–H and O–H groups in total. The van der Waals surface area contributed by atoms with Gasteiger partial charge < -0.3 is 15.3 Å². The van der Waals surface area contributed by atoms with Crippen molar-refractivity contribution in [3.05, 3.63) is 82.4 Å². The molecule has 5 rings (SSSR count). The average molecular weight is 577 g/mol. The number of allylic oxidation sites excluding steroid dienone is 1. The molecule has 1 fully saturated rings. The number of piperidine rings is 1. The molecule has 1 aromatic carbocycles. The lowest BCUT2D eigenvalue weighted by atomic mass is 9.97. The van der Waals surface area contributed by atoms with Crippen molar-refractivity contribution in [1.29, 1.82) is 0 Å². The predicted molar refractivity (Wildman–Crippen MR) is 158 cm³/mol. The van der Waals surface area contributed by atoms with Crippen LogP contribution in [0, 0.1) is 17.8 Å². The molecule has 1 aliphatic heterocycles. The predicted octanol–water partition coefficient (Wildman–Crippen LogP) is 4.77. The molecule has 3 aromatic heterocycles. The molecule has 0 bridgehead atoms. The summed E-state index contributed by atoms with van der Waals surface area (Å²) in [5, 5.41) is 13.7. The molecule has 42 heavy (non-hydrogen) atoms. The maximum absolute atomic E-state index is 14.1. The number of fused-ring (bicyclic) bond motifs is 1. The number of halogens is 2. The van der Waals surface area contributed by atoms with Crippen molar-refractivity contribution >= 4 is 22.7 Å². The molecule has 11 heteroatoms. The van der Waals surface area contributed by atoms with E-state index < -0.39 is 19.0 Å². The van der Waals surface area contributed by atoms with Gasteiger partial charge in [-0.2, -0.15) is 4.98 Å². The van der Waals surface area contributed by atoms with Crippen LogP contribution in [0.15, 0.2) is 60.0 Å². The van der Waals surface area contributed by atoms with E-state index in [1.807, 2.05) is 0 Å². The van der Waals surface area contributed by atoms with Crippen molar-refractivity contribution in [1.82, 2.24) is 29.2 Å². The molecule has 1 aliphatic rings. The Morgan fingerprint density at radius 1 is 1.26 bits per heavy atom. The summed E-state index contributed by atoms with van der Waals surface area (Å²) in [7, 11) is 0. The number of alkyl halides is 2. The van der Waals surface area contributed by atoms with E-state index in [9.17, 15) is 18.7 Å². The summed E-state index contributed by atoms with van der Waals surface area (Å²) >= 11 is 0. The third-order valence-electron chi connectivity index (χ3n) is 7.00. The van der Waals surface area contributed by atoms with Crippen LogP contribution in [0.5, 0.6) is 0 Å². The molecule has 0 unspecified atom stereocenters. The minimum Gasteiger partial charge on any atom is -0.384 e. The van der Waals surface area contributed by atoms with Crippen LogP contribution in [0.2, 0.25) is 0 Å². The highest BCUT2D eigenvalue weighted by molar-refractivity contribution is 5.77. The van der Waals surface area contributed by atoms with Crippen molar-refractivity contribution in [3.8, 4) is 17.7 Å². The minimum atomic E-state index is -2.80. The van der Waals surface area contributed by atoms with Gasteiger partial charge in [-0.3, -0.25) is 4.79 Å². The smallest absolute Gasteiger partial charge is 0.278 e. The maximum atomic E-state index is 14.1. The van der Waals surface area contributed by atoms with Crippen LogP contribution in [-0.2, 0) is 12.1 Å². The lowest BCUT2D eigenvalue weighted by molar-refractivity contribution is 0.0738. The van der Waals surface area contributed by atoms with E-state index in [2.05, 4.69) is 38.7 Å². The van der Waals surface area contributed by atoms with E-state index >= 15 is 0 Å². The number of benzene rings is 1. The lowest BCUT2D eigenvalue weighted by Gasteiger charge is -2.25. The quantitative estimate of drug-likeness (QED) is 0.242.